The van der Waals surface area contributed by atoms with Gasteiger partial charge >= 0.3 is 0 Å². The van der Waals surface area contributed by atoms with Gasteiger partial charge in [0.25, 0.3) is 0 Å². The summed E-state index contributed by atoms with van der Waals surface area (Å²) in [6.07, 6.45) is 2.73. The lowest BCUT2D eigenvalue weighted by molar-refractivity contribution is 0.311. The smallest absolute Gasteiger partial charge is 0.191 e. The molecule has 6 nitrogen and oxygen atoms in total. The molecule has 0 unspecified atom stereocenters. The number of ether oxygens (including phenoxy) is 1. The second-order valence-electron chi connectivity index (χ2n) is 5.98. The Bertz CT molecular complexity index is 836. The zero-order valence-corrected chi connectivity index (χ0v) is 18.2. The van der Waals surface area contributed by atoms with Gasteiger partial charge in [-0.2, -0.15) is 0 Å². The molecule has 28 heavy (non-hydrogen) atoms. The number of aliphatic imine (C=N–C) groups is 1. The third kappa shape index (κ3) is 6.88. The van der Waals surface area contributed by atoms with Crippen LogP contribution in [0.15, 0.2) is 71.9 Å². The van der Waals surface area contributed by atoms with Gasteiger partial charge < -0.3 is 20.4 Å². The summed E-state index contributed by atoms with van der Waals surface area (Å²) >= 11 is 0. The number of para-hydroxylation sites is 1. The van der Waals surface area contributed by atoms with Crippen LogP contribution in [0.4, 0.5) is 0 Å². The summed E-state index contributed by atoms with van der Waals surface area (Å²) in [5, 5.41) is 6.55. The molecule has 148 valence electrons. The predicted molar refractivity (Wildman–Crippen MR) is 124 cm³/mol. The van der Waals surface area contributed by atoms with E-state index in [4.69, 9.17) is 4.74 Å². The molecule has 0 spiro atoms. The SMILES string of the molecule is CN=C(NCCCOc1ccccc1)NCc1ncc(-c2ccccc2)[nH]1.I. The average Bonchev–Trinajstić information content (AvgIpc) is 3.20. The maximum absolute atomic E-state index is 5.68. The largest absolute Gasteiger partial charge is 0.494 e. The second kappa shape index (κ2) is 12.0. The van der Waals surface area contributed by atoms with Crippen LogP contribution in [0.2, 0.25) is 0 Å². The van der Waals surface area contributed by atoms with Crippen LogP contribution in [-0.2, 0) is 6.54 Å². The lowest BCUT2D eigenvalue weighted by Crippen LogP contribution is -2.37. The molecule has 0 aliphatic carbocycles. The third-order valence-corrected chi connectivity index (χ3v) is 3.99. The number of H-pyrrole nitrogens is 1. The van der Waals surface area contributed by atoms with Crippen molar-refractivity contribution in [3.8, 4) is 17.0 Å². The van der Waals surface area contributed by atoms with Gasteiger partial charge in [-0.3, -0.25) is 4.99 Å². The van der Waals surface area contributed by atoms with Gasteiger partial charge in [0.2, 0.25) is 0 Å². The highest BCUT2D eigenvalue weighted by Gasteiger charge is 2.04. The minimum absolute atomic E-state index is 0. The van der Waals surface area contributed by atoms with Crippen molar-refractivity contribution in [1.29, 1.82) is 0 Å². The number of halogens is 1. The molecule has 0 amide bonds. The first-order valence-corrected chi connectivity index (χ1v) is 9.07. The summed E-state index contributed by atoms with van der Waals surface area (Å²) in [5.74, 6) is 2.50. The quantitative estimate of drug-likeness (QED) is 0.194. The van der Waals surface area contributed by atoms with Crippen LogP contribution in [0.5, 0.6) is 5.75 Å². The van der Waals surface area contributed by atoms with Gasteiger partial charge in [-0.25, -0.2) is 4.98 Å². The van der Waals surface area contributed by atoms with E-state index >= 15 is 0 Å². The Morgan fingerprint density at radius 2 is 1.75 bits per heavy atom. The molecule has 2 aromatic carbocycles. The number of aromatic nitrogens is 2. The summed E-state index contributed by atoms with van der Waals surface area (Å²) in [6, 6.07) is 20.0. The molecule has 0 fully saturated rings. The summed E-state index contributed by atoms with van der Waals surface area (Å²) < 4.78 is 5.68. The van der Waals surface area contributed by atoms with Gasteiger partial charge in [-0.05, 0) is 24.1 Å². The van der Waals surface area contributed by atoms with Crippen LogP contribution in [-0.4, -0.2) is 36.1 Å². The minimum Gasteiger partial charge on any atom is -0.494 e. The van der Waals surface area contributed by atoms with Crippen molar-refractivity contribution in [2.45, 2.75) is 13.0 Å². The molecule has 0 saturated heterocycles. The Hall–Kier alpha value is -2.55. The topological polar surface area (TPSA) is 74.3 Å². The summed E-state index contributed by atoms with van der Waals surface area (Å²) in [6.45, 7) is 2.01. The van der Waals surface area contributed by atoms with Gasteiger partial charge in [-0.1, -0.05) is 48.5 Å². The van der Waals surface area contributed by atoms with Gasteiger partial charge in [0, 0.05) is 13.6 Å². The normalized spacial score (nSPS) is 10.8. The van der Waals surface area contributed by atoms with E-state index in [-0.39, 0.29) is 24.0 Å². The zero-order chi connectivity index (χ0) is 18.7. The number of hydrogen-bond acceptors (Lipinski definition) is 3. The zero-order valence-electron chi connectivity index (χ0n) is 15.9. The van der Waals surface area contributed by atoms with E-state index in [9.17, 15) is 0 Å². The molecular formula is C21H26IN5O. The maximum Gasteiger partial charge on any atom is 0.191 e. The van der Waals surface area contributed by atoms with Crippen molar-refractivity contribution in [2.75, 3.05) is 20.2 Å². The van der Waals surface area contributed by atoms with E-state index in [1.54, 1.807) is 7.05 Å². The van der Waals surface area contributed by atoms with Crippen LogP contribution in [0.3, 0.4) is 0 Å². The summed E-state index contributed by atoms with van der Waals surface area (Å²) in [4.78, 5) is 12.0. The number of nitrogens with one attached hydrogen (secondary N) is 3. The maximum atomic E-state index is 5.68. The van der Waals surface area contributed by atoms with Crippen molar-refractivity contribution in [3.63, 3.8) is 0 Å². The Balaban J connectivity index is 0.00000280. The average molecular weight is 491 g/mol. The number of guanidine groups is 1. The number of nitrogens with zero attached hydrogens (tertiary/aromatic N) is 2. The van der Waals surface area contributed by atoms with Crippen molar-refractivity contribution < 1.29 is 4.74 Å². The highest BCUT2D eigenvalue weighted by molar-refractivity contribution is 14.0. The Kier molecular flexibility index (Phi) is 9.33. The van der Waals surface area contributed by atoms with Crippen molar-refractivity contribution in [1.82, 2.24) is 20.6 Å². The second-order valence-corrected chi connectivity index (χ2v) is 5.98. The predicted octanol–water partition coefficient (Wildman–Crippen LogP) is 3.83. The molecule has 0 bridgehead atoms. The lowest BCUT2D eigenvalue weighted by Gasteiger charge is -2.11. The van der Waals surface area contributed by atoms with E-state index in [0.29, 0.717) is 13.2 Å². The molecule has 0 radical (unpaired) electrons. The van der Waals surface area contributed by atoms with E-state index in [0.717, 1.165) is 41.8 Å². The molecular weight excluding hydrogens is 465 g/mol. The first kappa shape index (κ1) is 21.7. The summed E-state index contributed by atoms with van der Waals surface area (Å²) in [5.41, 5.74) is 2.13. The molecule has 0 atom stereocenters. The highest BCUT2D eigenvalue weighted by atomic mass is 127. The van der Waals surface area contributed by atoms with E-state index < -0.39 is 0 Å². The number of aromatic amines is 1. The van der Waals surface area contributed by atoms with Crippen molar-refractivity contribution in [2.24, 2.45) is 4.99 Å². The Morgan fingerprint density at radius 1 is 1.04 bits per heavy atom. The fraction of sp³-hybridized carbons (Fsp3) is 0.238. The van der Waals surface area contributed by atoms with Crippen molar-refractivity contribution in [3.05, 3.63) is 72.7 Å². The molecule has 3 aromatic rings. The number of rotatable bonds is 8. The van der Waals surface area contributed by atoms with Crippen molar-refractivity contribution >= 4 is 29.9 Å². The first-order chi connectivity index (χ1) is 13.3. The van der Waals surface area contributed by atoms with Crippen LogP contribution in [0.25, 0.3) is 11.3 Å². The lowest BCUT2D eigenvalue weighted by atomic mass is 10.2. The molecule has 1 heterocycles. The fourth-order valence-electron chi connectivity index (χ4n) is 2.59. The number of imidazole rings is 1. The minimum atomic E-state index is 0. The number of benzene rings is 2. The standard InChI is InChI=1S/C21H25N5O.HI/c1-22-21(23-13-8-14-27-18-11-6-3-7-12-18)25-16-20-24-15-19(26-20)17-9-4-2-5-10-17;/h2-7,9-12,15H,8,13-14,16H2,1H3,(H,24,26)(H2,22,23,25);1H. The van der Waals surface area contributed by atoms with E-state index in [1.165, 1.54) is 0 Å². The third-order valence-electron chi connectivity index (χ3n) is 3.99. The molecule has 3 rings (SSSR count). The fourth-order valence-corrected chi connectivity index (χ4v) is 2.59. The summed E-state index contributed by atoms with van der Waals surface area (Å²) in [7, 11) is 1.76. The number of hydrogen-bond donors (Lipinski definition) is 3. The van der Waals surface area contributed by atoms with Gasteiger partial charge in [0.15, 0.2) is 5.96 Å². The van der Waals surface area contributed by atoms with Gasteiger partial charge in [-0.15, -0.1) is 24.0 Å². The molecule has 0 aliphatic heterocycles. The molecule has 0 saturated carbocycles. The van der Waals surface area contributed by atoms with Gasteiger partial charge in [0.05, 0.1) is 25.0 Å². The highest BCUT2D eigenvalue weighted by Crippen LogP contribution is 2.15. The van der Waals surface area contributed by atoms with Crippen LogP contribution >= 0.6 is 24.0 Å². The molecule has 0 aliphatic rings. The monoisotopic (exact) mass is 491 g/mol. The van der Waals surface area contributed by atoms with E-state index in [1.807, 2.05) is 54.7 Å². The van der Waals surface area contributed by atoms with Crippen LogP contribution in [0, 0.1) is 0 Å². The first-order valence-electron chi connectivity index (χ1n) is 9.07. The van der Waals surface area contributed by atoms with Gasteiger partial charge in [0.1, 0.15) is 11.6 Å². The van der Waals surface area contributed by atoms with Crippen LogP contribution in [0.1, 0.15) is 12.2 Å². The molecule has 3 N–H and O–H groups in total. The van der Waals surface area contributed by atoms with E-state index in [2.05, 4.69) is 37.7 Å². The van der Waals surface area contributed by atoms with Crippen LogP contribution < -0.4 is 15.4 Å². The molecule has 1 aromatic heterocycles. The Morgan fingerprint density at radius 3 is 2.46 bits per heavy atom. The molecule has 7 heteroatoms. The Labute approximate surface area is 182 Å².